The van der Waals surface area contributed by atoms with Gasteiger partial charge in [-0.3, -0.25) is 4.79 Å². The molecule has 0 saturated heterocycles. The SMILES string of the molecule is CNC(=S)N1N=C(c2c(-c3ccccc3)c3cc(Cl)ccc3[nH]c2=O)C[C@@H]1c1ccc(Cl)cc1. The molecule has 2 N–H and O–H groups in total. The summed E-state index contributed by atoms with van der Waals surface area (Å²) < 4.78 is 0. The molecule has 0 amide bonds. The molecule has 0 saturated carbocycles. The summed E-state index contributed by atoms with van der Waals surface area (Å²) in [5.41, 5.74) is 4.39. The molecular weight excluding hydrogens is 487 g/mol. The predicted molar refractivity (Wildman–Crippen MR) is 144 cm³/mol. The van der Waals surface area contributed by atoms with Gasteiger partial charge in [-0.05, 0) is 53.7 Å². The monoisotopic (exact) mass is 506 g/mol. The lowest BCUT2D eigenvalue weighted by atomic mass is 9.91. The molecule has 5 nitrogen and oxygen atoms in total. The molecule has 3 aromatic carbocycles. The molecule has 8 heteroatoms. The van der Waals surface area contributed by atoms with Crippen LogP contribution in [-0.4, -0.2) is 27.9 Å². The number of hydrogen-bond donors (Lipinski definition) is 2. The molecule has 5 rings (SSSR count). The molecule has 0 bridgehead atoms. The van der Waals surface area contributed by atoms with Crippen molar-refractivity contribution in [3.63, 3.8) is 0 Å². The smallest absolute Gasteiger partial charge is 0.258 e. The Morgan fingerprint density at radius 1 is 1.03 bits per heavy atom. The van der Waals surface area contributed by atoms with Crippen LogP contribution in [0.1, 0.15) is 23.6 Å². The molecule has 0 fully saturated rings. The Morgan fingerprint density at radius 2 is 1.74 bits per heavy atom. The van der Waals surface area contributed by atoms with Crippen LogP contribution in [0.25, 0.3) is 22.0 Å². The van der Waals surface area contributed by atoms with Crippen LogP contribution in [0.5, 0.6) is 0 Å². The zero-order valence-electron chi connectivity index (χ0n) is 18.2. The number of hydrazone groups is 1. The first-order valence-electron chi connectivity index (χ1n) is 10.7. The van der Waals surface area contributed by atoms with Gasteiger partial charge >= 0.3 is 0 Å². The summed E-state index contributed by atoms with van der Waals surface area (Å²) in [6, 6.07) is 22.7. The number of pyridine rings is 1. The Balaban J connectivity index is 1.74. The maximum atomic E-state index is 13.5. The van der Waals surface area contributed by atoms with Crippen LogP contribution in [0, 0.1) is 0 Å². The second-order valence-electron chi connectivity index (χ2n) is 7.98. The van der Waals surface area contributed by atoms with E-state index in [0.29, 0.717) is 38.4 Å². The topological polar surface area (TPSA) is 60.5 Å². The summed E-state index contributed by atoms with van der Waals surface area (Å²) in [7, 11) is 1.76. The second-order valence-corrected chi connectivity index (χ2v) is 9.24. The van der Waals surface area contributed by atoms with E-state index < -0.39 is 0 Å². The molecule has 1 atom stereocenters. The van der Waals surface area contributed by atoms with Crippen LogP contribution >= 0.6 is 35.4 Å². The van der Waals surface area contributed by atoms with Crippen LogP contribution in [0.4, 0.5) is 0 Å². The number of aromatic amines is 1. The van der Waals surface area contributed by atoms with E-state index in [0.717, 1.165) is 22.1 Å². The molecule has 170 valence electrons. The number of H-pyrrole nitrogens is 1. The lowest BCUT2D eigenvalue weighted by Crippen LogP contribution is -2.34. The first-order valence-corrected chi connectivity index (χ1v) is 11.9. The number of rotatable bonds is 3. The van der Waals surface area contributed by atoms with Gasteiger partial charge in [0.05, 0.1) is 17.3 Å². The van der Waals surface area contributed by atoms with Gasteiger partial charge < -0.3 is 10.3 Å². The molecule has 34 heavy (non-hydrogen) atoms. The standard InChI is InChI=1S/C26H20Cl2N4OS/c1-29-26(34)32-22(15-7-9-17(27)10-8-15)14-21(31-32)24-23(16-5-3-2-4-6-16)19-13-18(28)11-12-20(19)30-25(24)33/h2-13,22H,14H2,1H3,(H,29,34)(H,30,33)/t22-/m1/s1. The van der Waals surface area contributed by atoms with E-state index in [1.54, 1.807) is 18.1 Å². The van der Waals surface area contributed by atoms with Gasteiger partial charge in [0, 0.05) is 40.0 Å². The van der Waals surface area contributed by atoms with Crippen molar-refractivity contribution in [1.82, 2.24) is 15.3 Å². The zero-order chi connectivity index (χ0) is 23.8. The first-order chi connectivity index (χ1) is 16.5. The Kier molecular flexibility index (Phi) is 6.13. The average molecular weight is 507 g/mol. The molecule has 0 spiro atoms. The highest BCUT2D eigenvalue weighted by Gasteiger charge is 2.33. The fourth-order valence-corrected chi connectivity index (χ4v) is 4.82. The maximum Gasteiger partial charge on any atom is 0.258 e. The highest BCUT2D eigenvalue weighted by Crippen LogP contribution is 2.37. The molecule has 1 aliphatic rings. The molecule has 0 aliphatic carbocycles. The third kappa shape index (κ3) is 4.09. The van der Waals surface area contributed by atoms with Crippen molar-refractivity contribution < 1.29 is 0 Å². The number of fused-ring (bicyclic) bond motifs is 1. The van der Waals surface area contributed by atoms with Gasteiger partial charge in [0.25, 0.3) is 5.56 Å². The molecular formula is C26H20Cl2N4OS. The molecule has 0 unspecified atom stereocenters. The number of hydrogen-bond acceptors (Lipinski definition) is 3. The summed E-state index contributed by atoms with van der Waals surface area (Å²) >= 11 is 18.0. The highest BCUT2D eigenvalue weighted by atomic mass is 35.5. The van der Waals surface area contributed by atoms with Crippen molar-refractivity contribution in [1.29, 1.82) is 0 Å². The summed E-state index contributed by atoms with van der Waals surface area (Å²) in [4.78, 5) is 16.5. The normalized spacial score (nSPS) is 15.4. The Labute approximate surface area is 212 Å². The lowest BCUT2D eigenvalue weighted by molar-refractivity contribution is 0.367. The van der Waals surface area contributed by atoms with Gasteiger partial charge in [-0.25, -0.2) is 5.01 Å². The first kappa shape index (κ1) is 22.6. The molecule has 4 aromatic rings. The third-order valence-corrected chi connectivity index (χ3v) is 6.79. The minimum absolute atomic E-state index is 0.176. The summed E-state index contributed by atoms with van der Waals surface area (Å²) in [5.74, 6) is 0. The fraction of sp³-hybridized carbons (Fsp3) is 0.115. The number of thiocarbonyl (C=S) groups is 1. The van der Waals surface area contributed by atoms with Crippen LogP contribution in [0.3, 0.4) is 0 Å². The lowest BCUT2D eigenvalue weighted by Gasteiger charge is -2.23. The van der Waals surface area contributed by atoms with Crippen LogP contribution < -0.4 is 10.9 Å². The van der Waals surface area contributed by atoms with Gasteiger partial charge in [0.1, 0.15) is 0 Å². The van der Waals surface area contributed by atoms with E-state index in [2.05, 4.69) is 10.3 Å². The largest absolute Gasteiger partial charge is 0.364 e. The Bertz CT molecular complexity index is 1480. The Morgan fingerprint density at radius 3 is 2.44 bits per heavy atom. The van der Waals surface area contributed by atoms with Crippen LogP contribution in [-0.2, 0) is 0 Å². The molecule has 1 aromatic heterocycles. The van der Waals surface area contributed by atoms with Crippen molar-refractivity contribution in [2.24, 2.45) is 5.10 Å². The summed E-state index contributed by atoms with van der Waals surface area (Å²) in [6.07, 6.45) is 0.498. The Hall–Kier alpha value is -3.19. The summed E-state index contributed by atoms with van der Waals surface area (Å²) in [5, 5.41) is 12.2. The van der Waals surface area contributed by atoms with E-state index in [4.69, 9.17) is 40.5 Å². The summed E-state index contributed by atoms with van der Waals surface area (Å²) in [6.45, 7) is 0. The van der Waals surface area contributed by atoms with Gasteiger partial charge in [0.15, 0.2) is 5.11 Å². The molecule has 2 heterocycles. The maximum absolute atomic E-state index is 13.5. The fourth-order valence-electron chi connectivity index (χ4n) is 4.35. The van der Waals surface area contributed by atoms with Crippen LogP contribution in [0.15, 0.2) is 82.7 Å². The second kappa shape index (κ2) is 9.22. The van der Waals surface area contributed by atoms with E-state index >= 15 is 0 Å². The molecule has 0 radical (unpaired) electrons. The number of benzene rings is 3. The van der Waals surface area contributed by atoms with Gasteiger partial charge in [-0.2, -0.15) is 5.10 Å². The van der Waals surface area contributed by atoms with Crippen molar-refractivity contribution in [3.8, 4) is 11.1 Å². The van der Waals surface area contributed by atoms with Crippen molar-refractivity contribution in [2.45, 2.75) is 12.5 Å². The molecule has 1 aliphatic heterocycles. The number of nitrogens with zero attached hydrogens (tertiary/aromatic N) is 2. The minimum atomic E-state index is -0.209. The van der Waals surface area contributed by atoms with E-state index in [1.165, 1.54) is 0 Å². The predicted octanol–water partition coefficient (Wildman–Crippen LogP) is 6.16. The van der Waals surface area contributed by atoms with Crippen molar-refractivity contribution >= 4 is 57.1 Å². The number of aromatic nitrogens is 1. The zero-order valence-corrected chi connectivity index (χ0v) is 20.5. The van der Waals surface area contributed by atoms with E-state index in [1.807, 2.05) is 66.7 Å². The van der Waals surface area contributed by atoms with E-state index in [9.17, 15) is 4.79 Å². The minimum Gasteiger partial charge on any atom is -0.364 e. The van der Waals surface area contributed by atoms with Gasteiger partial charge in [-0.1, -0.05) is 65.7 Å². The van der Waals surface area contributed by atoms with Crippen molar-refractivity contribution in [2.75, 3.05) is 7.05 Å². The third-order valence-electron chi connectivity index (χ3n) is 5.91. The quantitative estimate of drug-likeness (QED) is 0.326. The van der Waals surface area contributed by atoms with E-state index in [-0.39, 0.29) is 11.6 Å². The van der Waals surface area contributed by atoms with Gasteiger partial charge in [-0.15, -0.1) is 0 Å². The van der Waals surface area contributed by atoms with Gasteiger partial charge in [0.2, 0.25) is 0 Å². The van der Waals surface area contributed by atoms with Crippen LogP contribution in [0.2, 0.25) is 10.0 Å². The average Bonchev–Trinajstić information content (AvgIpc) is 3.29. The highest BCUT2D eigenvalue weighted by molar-refractivity contribution is 7.80. The number of halogens is 2. The van der Waals surface area contributed by atoms with Crippen molar-refractivity contribution in [3.05, 3.63) is 104 Å². The number of nitrogens with one attached hydrogen (secondary N) is 2.